The van der Waals surface area contributed by atoms with E-state index in [9.17, 15) is 18.0 Å². The molecular formula is C27H20N2O6S. The Morgan fingerprint density at radius 2 is 1.78 bits per heavy atom. The molecule has 8 nitrogen and oxygen atoms in total. The average Bonchev–Trinajstić information content (AvgIpc) is 3.61. The molecule has 0 spiro atoms. The summed E-state index contributed by atoms with van der Waals surface area (Å²) in [4.78, 5) is 28.3. The number of ether oxygens (including phenoxy) is 1. The maximum Gasteiger partial charge on any atom is 0.340 e. The molecular weight excluding hydrogens is 480 g/mol. The van der Waals surface area contributed by atoms with Crippen molar-refractivity contribution in [2.24, 2.45) is 0 Å². The second-order valence-corrected chi connectivity index (χ2v) is 10.3. The van der Waals surface area contributed by atoms with Gasteiger partial charge in [0.15, 0.2) is 0 Å². The highest BCUT2D eigenvalue weighted by atomic mass is 32.2. The van der Waals surface area contributed by atoms with E-state index < -0.39 is 16.0 Å². The minimum absolute atomic E-state index is 0.0646. The minimum Gasteiger partial charge on any atom is -0.467 e. The van der Waals surface area contributed by atoms with Gasteiger partial charge in [0.05, 0.1) is 47.0 Å². The number of nitrogens with zero attached hydrogens (tertiary/aromatic N) is 2. The van der Waals surface area contributed by atoms with Gasteiger partial charge >= 0.3 is 5.97 Å². The first-order chi connectivity index (χ1) is 17.4. The monoisotopic (exact) mass is 500 g/mol. The number of hydrogen-bond acceptors (Lipinski definition) is 6. The standard InChI is InChI=1S/C27H20N2O6S/c1-34-27(31)21-14-17-15-28(16-18-8-7-13-35-18)26(30)23(17)24-20-11-5-6-12-22(20)29(25(21)24)36(32,33)19-9-3-2-4-10-19/h2-14H,15-16H2,1H3. The third-order valence-electron chi connectivity index (χ3n) is 6.45. The fraction of sp³-hybridized carbons (Fsp3) is 0.111. The van der Waals surface area contributed by atoms with Crippen molar-refractivity contribution in [3.05, 3.63) is 102 Å². The van der Waals surface area contributed by atoms with E-state index in [2.05, 4.69) is 0 Å². The number of carbonyl (C=O) groups is 2. The summed E-state index contributed by atoms with van der Waals surface area (Å²) >= 11 is 0. The van der Waals surface area contributed by atoms with Crippen LogP contribution in [0.1, 0.15) is 32.0 Å². The van der Waals surface area contributed by atoms with E-state index in [0.717, 1.165) is 3.97 Å². The summed E-state index contributed by atoms with van der Waals surface area (Å²) in [5.74, 6) is -0.329. The van der Waals surface area contributed by atoms with Crippen LogP contribution in [0, 0.1) is 0 Å². The SMILES string of the molecule is COC(=O)c1cc2c(c3c4ccccc4n(S(=O)(=O)c4ccccc4)c13)C(=O)N(Cc1ccco1)C2. The lowest BCUT2D eigenvalue weighted by Crippen LogP contribution is -2.23. The molecule has 1 amide bonds. The Bertz CT molecular complexity index is 1770. The lowest BCUT2D eigenvalue weighted by Gasteiger charge is -2.13. The summed E-state index contributed by atoms with van der Waals surface area (Å²) in [5.41, 5.74) is 1.57. The van der Waals surface area contributed by atoms with Crippen molar-refractivity contribution < 1.29 is 27.2 Å². The summed E-state index contributed by atoms with van der Waals surface area (Å²) < 4.78 is 39.5. The van der Waals surface area contributed by atoms with E-state index in [4.69, 9.17) is 9.15 Å². The molecule has 5 aromatic rings. The van der Waals surface area contributed by atoms with Crippen LogP contribution in [-0.4, -0.2) is 36.3 Å². The van der Waals surface area contributed by atoms with E-state index in [1.807, 2.05) is 0 Å². The molecule has 0 atom stereocenters. The first kappa shape index (κ1) is 22.1. The molecule has 0 aliphatic carbocycles. The van der Waals surface area contributed by atoms with Crippen molar-refractivity contribution in [1.29, 1.82) is 0 Å². The molecule has 0 saturated carbocycles. The molecule has 9 heteroatoms. The van der Waals surface area contributed by atoms with E-state index in [1.165, 1.54) is 19.2 Å². The predicted molar refractivity (Wildman–Crippen MR) is 132 cm³/mol. The Labute approximate surface area is 206 Å². The first-order valence-corrected chi connectivity index (χ1v) is 12.7. The molecule has 3 aromatic carbocycles. The average molecular weight is 501 g/mol. The van der Waals surface area contributed by atoms with Crippen LogP contribution in [0.5, 0.6) is 0 Å². The van der Waals surface area contributed by atoms with Crippen molar-refractivity contribution >= 4 is 43.7 Å². The first-order valence-electron chi connectivity index (χ1n) is 11.2. The molecule has 0 bridgehead atoms. The zero-order valence-corrected chi connectivity index (χ0v) is 20.0. The number of furan rings is 1. The number of fused-ring (bicyclic) bond motifs is 5. The Morgan fingerprint density at radius 3 is 2.50 bits per heavy atom. The number of para-hydroxylation sites is 1. The number of rotatable bonds is 5. The second-order valence-electron chi connectivity index (χ2n) is 8.51. The maximum atomic E-state index is 13.9. The van der Waals surface area contributed by atoms with Crippen molar-refractivity contribution in [3.63, 3.8) is 0 Å². The smallest absolute Gasteiger partial charge is 0.340 e. The minimum atomic E-state index is -4.13. The number of esters is 1. The summed E-state index contributed by atoms with van der Waals surface area (Å²) in [6.45, 7) is 0.496. The van der Waals surface area contributed by atoms with Gasteiger partial charge in [0, 0.05) is 17.3 Å². The van der Waals surface area contributed by atoms with Crippen molar-refractivity contribution in [2.75, 3.05) is 7.11 Å². The number of aromatic nitrogens is 1. The maximum absolute atomic E-state index is 13.9. The Balaban J connectivity index is 1.70. The second kappa shape index (κ2) is 8.10. The molecule has 0 saturated heterocycles. The van der Waals surface area contributed by atoms with Crippen molar-refractivity contribution in [3.8, 4) is 0 Å². The number of amides is 1. The Morgan fingerprint density at radius 1 is 1.03 bits per heavy atom. The van der Waals surface area contributed by atoms with Crippen molar-refractivity contribution in [2.45, 2.75) is 18.0 Å². The van der Waals surface area contributed by atoms with Gasteiger partial charge in [-0.25, -0.2) is 17.2 Å². The van der Waals surface area contributed by atoms with Crippen LogP contribution < -0.4 is 0 Å². The van der Waals surface area contributed by atoms with Crippen LogP contribution in [0.3, 0.4) is 0 Å². The summed E-state index contributed by atoms with van der Waals surface area (Å²) in [7, 11) is -2.89. The quantitative estimate of drug-likeness (QED) is 0.328. The van der Waals surface area contributed by atoms with Crippen molar-refractivity contribution in [1.82, 2.24) is 8.87 Å². The molecule has 0 unspecified atom stereocenters. The van der Waals surface area contributed by atoms with Crippen LogP contribution in [0.4, 0.5) is 0 Å². The molecule has 180 valence electrons. The molecule has 0 N–H and O–H groups in total. The summed E-state index contributed by atoms with van der Waals surface area (Å²) in [5, 5.41) is 0.970. The van der Waals surface area contributed by atoms with E-state index in [0.29, 0.717) is 33.2 Å². The highest BCUT2D eigenvalue weighted by Gasteiger charge is 2.36. The fourth-order valence-corrected chi connectivity index (χ4v) is 6.48. The van der Waals surface area contributed by atoms with Gasteiger partial charge in [0.2, 0.25) is 0 Å². The topological polar surface area (TPSA) is 98.8 Å². The predicted octanol–water partition coefficient (Wildman–Crippen LogP) is 4.57. The van der Waals surface area contributed by atoms with E-state index >= 15 is 0 Å². The zero-order chi connectivity index (χ0) is 25.0. The molecule has 6 rings (SSSR count). The van der Waals surface area contributed by atoms with Crippen LogP contribution in [0.2, 0.25) is 0 Å². The van der Waals surface area contributed by atoms with E-state index in [1.54, 1.807) is 71.8 Å². The van der Waals surface area contributed by atoms with E-state index in [-0.39, 0.29) is 35.0 Å². The number of carbonyl (C=O) groups excluding carboxylic acids is 2. The fourth-order valence-electron chi connectivity index (χ4n) is 4.92. The van der Waals surface area contributed by atoms with Gasteiger partial charge < -0.3 is 14.1 Å². The van der Waals surface area contributed by atoms with Gasteiger partial charge in [0.1, 0.15) is 5.76 Å². The zero-order valence-electron chi connectivity index (χ0n) is 19.2. The number of methoxy groups -OCH3 is 1. The third kappa shape index (κ3) is 3.16. The third-order valence-corrected chi connectivity index (χ3v) is 8.18. The van der Waals surface area contributed by atoms with Gasteiger partial charge in [-0.3, -0.25) is 4.79 Å². The van der Waals surface area contributed by atoms with Gasteiger partial charge in [-0.05, 0) is 42.0 Å². The number of benzene rings is 3. The van der Waals surface area contributed by atoms with Gasteiger partial charge in [-0.2, -0.15) is 0 Å². The largest absolute Gasteiger partial charge is 0.467 e. The molecule has 1 aliphatic heterocycles. The normalized spacial score (nSPS) is 13.5. The van der Waals surface area contributed by atoms with Gasteiger partial charge in [-0.15, -0.1) is 0 Å². The highest BCUT2D eigenvalue weighted by Crippen LogP contribution is 2.41. The Kier molecular flexibility index (Phi) is 4.97. The highest BCUT2D eigenvalue weighted by molar-refractivity contribution is 7.90. The Hall–Kier alpha value is -4.37. The van der Waals surface area contributed by atoms with Gasteiger partial charge in [-0.1, -0.05) is 36.4 Å². The molecule has 36 heavy (non-hydrogen) atoms. The molecule has 2 aromatic heterocycles. The summed E-state index contributed by atoms with van der Waals surface area (Å²) in [6.07, 6.45) is 1.54. The number of hydrogen-bond donors (Lipinski definition) is 0. The molecule has 0 fully saturated rings. The van der Waals surface area contributed by atoms with Gasteiger partial charge in [0.25, 0.3) is 15.9 Å². The summed E-state index contributed by atoms with van der Waals surface area (Å²) in [6, 6.07) is 20.0. The van der Waals surface area contributed by atoms with Crippen LogP contribution in [0.25, 0.3) is 21.8 Å². The lowest BCUT2D eigenvalue weighted by molar-refractivity contribution is 0.0602. The van der Waals surface area contributed by atoms with Crippen LogP contribution >= 0.6 is 0 Å². The van der Waals surface area contributed by atoms with Crippen LogP contribution in [-0.2, 0) is 27.8 Å². The molecule has 1 aliphatic rings. The van der Waals surface area contributed by atoms with Crippen LogP contribution in [0.15, 0.2) is 88.4 Å². The lowest BCUT2D eigenvalue weighted by atomic mass is 9.98. The molecule has 0 radical (unpaired) electrons. The molecule has 3 heterocycles.